The van der Waals surface area contributed by atoms with E-state index in [4.69, 9.17) is 4.74 Å². The van der Waals surface area contributed by atoms with Crippen molar-refractivity contribution in [3.63, 3.8) is 0 Å². The number of hydrogen-bond acceptors (Lipinski definition) is 4. The molecular formula is C42H49N3O2. The molecule has 5 heteroatoms. The van der Waals surface area contributed by atoms with Gasteiger partial charge < -0.3 is 14.5 Å². The highest BCUT2D eigenvalue weighted by molar-refractivity contribution is 5.99. The number of hydrogen-bond donors (Lipinski definition) is 0. The molecule has 0 saturated carbocycles. The van der Waals surface area contributed by atoms with Crippen molar-refractivity contribution in [2.75, 3.05) is 44.7 Å². The van der Waals surface area contributed by atoms with Crippen molar-refractivity contribution in [3.8, 4) is 5.75 Å². The van der Waals surface area contributed by atoms with Crippen molar-refractivity contribution < 1.29 is 9.53 Å². The first-order chi connectivity index (χ1) is 23.0. The summed E-state index contributed by atoms with van der Waals surface area (Å²) in [6.07, 6.45) is 6.08. The Bertz CT molecular complexity index is 1570. The zero-order chi connectivity index (χ0) is 33.0. The number of fused-ring (bicyclic) bond motifs is 1. The van der Waals surface area contributed by atoms with E-state index in [0.29, 0.717) is 19.0 Å². The Morgan fingerprint density at radius 3 is 2.06 bits per heavy atom. The Balaban J connectivity index is 0.000000559. The fourth-order valence-electron chi connectivity index (χ4n) is 6.38. The summed E-state index contributed by atoms with van der Waals surface area (Å²) in [6, 6.07) is 36.2. The topological polar surface area (TPSA) is 36.0 Å². The van der Waals surface area contributed by atoms with E-state index in [1.165, 1.54) is 16.7 Å². The van der Waals surface area contributed by atoms with Crippen LogP contribution < -0.4 is 9.64 Å². The summed E-state index contributed by atoms with van der Waals surface area (Å²) < 4.78 is 5.26. The number of anilines is 1. The predicted molar refractivity (Wildman–Crippen MR) is 195 cm³/mol. The number of piperazine rings is 1. The van der Waals surface area contributed by atoms with Crippen molar-refractivity contribution in [3.05, 3.63) is 155 Å². The number of methoxy groups -OCH3 is 1. The minimum atomic E-state index is 0.124. The molecule has 2 aliphatic rings. The summed E-state index contributed by atoms with van der Waals surface area (Å²) in [5.41, 5.74) is 8.39. The maximum absolute atomic E-state index is 13.3. The van der Waals surface area contributed by atoms with Crippen molar-refractivity contribution in [1.82, 2.24) is 9.80 Å². The quantitative estimate of drug-likeness (QED) is 0.156. The van der Waals surface area contributed by atoms with Gasteiger partial charge in [0, 0.05) is 56.4 Å². The summed E-state index contributed by atoms with van der Waals surface area (Å²) in [6.45, 7) is 14.2. The molecule has 1 saturated heterocycles. The normalized spacial score (nSPS) is 14.9. The number of nitrogens with zero attached hydrogens (tertiary/aromatic N) is 3. The van der Waals surface area contributed by atoms with Crippen LogP contribution in [-0.2, 0) is 13.1 Å². The Hall–Kier alpha value is -4.61. The van der Waals surface area contributed by atoms with Gasteiger partial charge in [-0.25, -0.2) is 0 Å². The number of amides is 1. The second kappa shape index (κ2) is 16.8. The Morgan fingerprint density at radius 1 is 0.872 bits per heavy atom. The Morgan fingerprint density at radius 2 is 1.51 bits per heavy atom. The molecule has 0 aromatic heterocycles. The van der Waals surface area contributed by atoms with Gasteiger partial charge in [0.05, 0.1) is 7.11 Å². The monoisotopic (exact) mass is 627 g/mol. The summed E-state index contributed by atoms with van der Waals surface area (Å²) in [7, 11) is 1.67. The van der Waals surface area contributed by atoms with Crippen LogP contribution in [0, 0.1) is 0 Å². The van der Waals surface area contributed by atoms with E-state index < -0.39 is 0 Å². The average Bonchev–Trinajstić information content (AvgIpc) is 3.44. The van der Waals surface area contributed by atoms with Crippen molar-refractivity contribution in [2.45, 2.75) is 45.7 Å². The van der Waals surface area contributed by atoms with Crippen LogP contribution in [0.5, 0.6) is 5.75 Å². The summed E-state index contributed by atoms with van der Waals surface area (Å²) in [5.74, 6) is 1.36. The van der Waals surface area contributed by atoms with Gasteiger partial charge in [-0.15, -0.1) is 0 Å². The highest BCUT2D eigenvalue weighted by Gasteiger charge is 2.29. The first kappa shape index (κ1) is 33.7. The number of carbonyl (C=O) groups is 1. The number of rotatable bonds is 11. The molecule has 0 aliphatic carbocycles. The van der Waals surface area contributed by atoms with Crippen LogP contribution in [0.3, 0.4) is 0 Å². The molecule has 0 bridgehead atoms. The lowest BCUT2D eigenvalue weighted by Gasteiger charge is -2.37. The number of carbonyl (C=O) groups excluding carboxylic acids is 1. The number of ether oxygens (including phenoxy) is 1. The third kappa shape index (κ3) is 9.02. The van der Waals surface area contributed by atoms with Crippen LogP contribution in [-0.4, -0.2) is 55.5 Å². The van der Waals surface area contributed by atoms with Gasteiger partial charge in [0.15, 0.2) is 0 Å². The Labute approximate surface area is 281 Å². The predicted octanol–water partition coefficient (Wildman–Crippen LogP) is 8.72. The van der Waals surface area contributed by atoms with Crippen molar-refractivity contribution >= 4 is 11.6 Å². The van der Waals surface area contributed by atoms with E-state index in [1.54, 1.807) is 7.11 Å². The van der Waals surface area contributed by atoms with Crippen LogP contribution in [0.2, 0.25) is 0 Å². The minimum absolute atomic E-state index is 0.124. The van der Waals surface area contributed by atoms with Crippen LogP contribution in [0.15, 0.2) is 127 Å². The van der Waals surface area contributed by atoms with E-state index in [0.717, 1.165) is 73.7 Å². The highest BCUT2D eigenvalue weighted by Crippen LogP contribution is 2.31. The number of allylic oxidation sites excluding steroid dienone is 3. The summed E-state index contributed by atoms with van der Waals surface area (Å²) in [4.78, 5) is 20.2. The van der Waals surface area contributed by atoms with Crippen LogP contribution in [0.4, 0.5) is 5.69 Å². The van der Waals surface area contributed by atoms with Gasteiger partial charge in [0.2, 0.25) is 0 Å². The molecule has 1 fully saturated rings. The molecule has 2 heterocycles. The third-order valence-corrected chi connectivity index (χ3v) is 9.34. The van der Waals surface area contributed by atoms with Gasteiger partial charge in [-0.1, -0.05) is 110 Å². The van der Waals surface area contributed by atoms with E-state index >= 15 is 0 Å². The van der Waals surface area contributed by atoms with Gasteiger partial charge in [-0.3, -0.25) is 9.69 Å². The molecule has 0 radical (unpaired) electrons. The molecule has 0 N–H and O–H groups in total. The molecule has 47 heavy (non-hydrogen) atoms. The number of benzene rings is 4. The van der Waals surface area contributed by atoms with Crippen LogP contribution in [0.1, 0.15) is 65.2 Å². The molecule has 4 aromatic carbocycles. The maximum Gasteiger partial charge on any atom is 0.254 e. The van der Waals surface area contributed by atoms with Crippen molar-refractivity contribution in [2.24, 2.45) is 0 Å². The van der Waals surface area contributed by atoms with Gasteiger partial charge >= 0.3 is 0 Å². The fraction of sp³-hybridized carbons (Fsp3) is 0.310. The van der Waals surface area contributed by atoms with E-state index in [-0.39, 0.29) is 5.91 Å². The van der Waals surface area contributed by atoms with Gasteiger partial charge in [0.1, 0.15) is 5.75 Å². The van der Waals surface area contributed by atoms with Crippen LogP contribution in [0.25, 0.3) is 0 Å². The second-order valence-electron chi connectivity index (χ2n) is 12.4. The molecular weight excluding hydrogens is 578 g/mol. The molecule has 2 aliphatic heterocycles. The van der Waals surface area contributed by atoms with Gasteiger partial charge in [-0.2, -0.15) is 0 Å². The molecule has 1 amide bonds. The average molecular weight is 628 g/mol. The van der Waals surface area contributed by atoms with Crippen LogP contribution >= 0.6 is 0 Å². The molecule has 5 nitrogen and oxygen atoms in total. The van der Waals surface area contributed by atoms with Gasteiger partial charge in [-0.05, 0) is 72.8 Å². The lowest BCUT2D eigenvalue weighted by molar-refractivity contribution is 0.0766. The first-order valence-corrected chi connectivity index (χ1v) is 16.9. The highest BCUT2D eigenvalue weighted by atomic mass is 16.5. The molecule has 0 atom stereocenters. The largest absolute Gasteiger partial charge is 0.497 e. The fourth-order valence-corrected chi connectivity index (χ4v) is 6.38. The van der Waals surface area contributed by atoms with E-state index in [2.05, 4.69) is 109 Å². The molecule has 0 unspecified atom stereocenters. The molecule has 244 valence electrons. The zero-order valence-electron chi connectivity index (χ0n) is 28.3. The molecule has 6 rings (SSSR count). The van der Waals surface area contributed by atoms with Gasteiger partial charge in [0.25, 0.3) is 5.91 Å². The smallest absolute Gasteiger partial charge is 0.254 e. The zero-order valence-corrected chi connectivity index (χ0v) is 28.3. The summed E-state index contributed by atoms with van der Waals surface area (Å²) in [5, 5.41) is 0. The maximum atomic E-state index is 13.3. The Kier molecular flexibility index (Phi) is 12.1. The second-order valence-corrected chi connectivity index (χ2v) is 12.4. The third-order valence-electron chi connectivity index (χ3n) is 9.34. The van der Waals surface area contributed by atoms with Crippen molar-refractivity contribution in [1.29, 1.82) is 0 Å². The van der Waals surface area contributed by atoms with E-state index in [1.807, 2.05) is 41.3 Å². The molecule has 4 aromatic rings. The summed E-state index contributed by atoms with van der Waals surface area (Å²) >= 11 is 0. The standard InChI is InChI=1S/C35H37N3O2.C7H12/c1-40-32-16-12-27(13-17-32)25-38-26-30-14-15-31(24-34(30)35(38)39)37-22-20-36(21-23-37)19-18-33(28-8-4-2-5-9-28)29-10-6-3-7-11-29;1-4-6-7(3)5-2/h2-17,24,33H,18-23,25-26H2,1H3;4,6H,1,5H2,2-3H3/b;7-6+. The van der Waals surface area contributed by atoms with E-state index in [9.17, 15) is 4.79 Å². The molecule has 0 spiro atoms. The lowest BCUT2D eigenvalue weighted by atomic mass is 9.88. The minimum Gasteiger partial charge on any atom is -0.497 e. The first-order valence-electron chi connectivity index (χ1n) is 16.9. The SMILES string of the molecule is C=C/C=C(\C)CC.COc1ccc(CN2Cc3ccc(N4CCN(CCC(c5ccccc5)c5ccccc5)CC4)cc3C2=O)cc1. The lowest BCUT2D eigenvalue weighted by Crippen LogP contribution is -2.46.